The van der Waals surface area contributed by atoms with Gasteiger partial charge in [-0.2, -0.15) is 0 Å². The lowest BCUT2D eigenvalue weighted by Gasteiger charge is -2.18. The number of carbonyl (C=O) groups is 2. The Hall–Kier alpha value is -2.53. The van der Waals surface area contributed by atoms with E-state index in [1.807, 2.05) is 32.0 Å². The van der Waals surface area contributed by atoms with Crippen LogP contribution < -0.4 is 15.4 Å². The lowest BCUT2D eigenvalue weighted by Crippen LogP contribution is -2.38. The van der Waals surface area contributed by atoms with Crippen LogP contribution in [0, 0.1) is 6.92 Å². The van der Waals surface area contributed by atoms with E-state index in [1.54, 1.807) is 31.4 Å². The molecule has 0 fully saturated rings. The zero-order valence-electron chi connectivity index (χ0n) is 14.4. The maximum absolute atomic E-state index is 12.1. The molecule has 0 radical (unpaired) electrons. The summed E-state index contributed by atoms with van der Waals surface area (Å²) in [5.41, 5.74) is 2.42. The van der Waals surface area contributed by atoms with Crippen LogP contribution in [0.5, 0.6) is 5.75 Å². The number of carbonyl (C=O) groups excluding carboxylic acids is 2. The van der Waals surface area contributed by atoms with Gasteiger partial charge in [0.2, 0.25) is 5.91 Å². The molecule has 5 nitrogen and oxygen atoms in total. The fourth-order valence-electron chi connectivity index (χ4n) is 2.43. The van der Waals surface area contributed by atoms with Crippen molar-refractivity contribution in [3.05, 3.63) is 64.2 Å². The summed E-state index contributed by atoms with van der Waals surface area (Å²) in [4.78, 5) is 24.1. The van der Waals surface area contributed by atoms with Crippen molar-refractivity contribution in [2.24, 2.45) is 0 Å². The number of methoxy groups -OCH3 is 1. The summed E-state index contributed by atoms with van der Waals surface area (Å²) in [6.45, 7) is 3.74. The molecule has 0 heterocycles. The van der Waals surface area contributed by atoms with Gasteiger partial charge in [-0.3, -0.25) is 9.59 Å². The van der Waals surface area contributed by atoms with E-state index in [0.717, 1.165) is 11.1 Å². The molecule has 2 aromatic carbocycles. The Labute approximate surface area is 152 Å². The van der Waals surface area contributed by atoms with Crippen LogP contribution in [0.1, 0.15) is 34.5 Å². The monoisotopic (exact) mass is 360 g/mol. The summed E-state index contributed by atoms with van der Waals surface area (Å²) in [5, 5.41) is 6.00. The summed E-state index contributed by atoms with van der Waals surface area (Å²) in [7, 11) is 1.59. The predicted octanol–water partition coefficient (Wildman–Crippen LogP) is 3.26. The topological polar surface area (TPSA) is 67.4 Å². The first-order valence-electron chi connectivity index (χ1n) is 7.88. The van der Waals surface area contributed by atoms with E-state index in [0.29, 0.717) is 16.3 Å². The molecule has 0 unspecified atom stereocenters. The molecule has 132 valence electrons. The Kier molecular flexibility index (Phi) is 6.42. The third-order valence-corrected chi connectivity index (χ3v) is 4.00. The van der Waals surface area contributed by atoms with Crippen LogP contribution in [0.15, 0.2) is 42.5 Å². The van der Waals surface area contributed by atoms with E-state index in [1.165, 1.54) is 0 Å². The maximum Gasteiger partial charge on any atom is 0.251 e. The summed E-state index contributed by atoms with van der Waals surface area (Å²) in [6, 6.07) is 12.0. The molecule has 2 aromatic rings. The fourth-order valence-corrected chi connectivity index (χ4v) is 2.55. The summed E-state index contributed by atoms with van der Waals surface area (Å²) < 4.78 is 5.34. The lowest BCUT2D eigenvalue weighted by atomic mass is 10.0. The second kappa shape index (κ2) is 8.53. The molecule has 25 heavy (non-hydrogen) atoms. The Bertz CT molecular complexity index is 760. The predicted molar refractivity (Wildman–Crippen MR) is 98.1 cm³/mol. The summed E-state index contributed by atoms with van der Waals surface area (Å²) >= 11 is 5.79. The zero-order valence-corrected chi connectivity index (χ0v) is 15.2. The van der Waals surface area contributed by atoms with Crippen molar-refractivity contribution < 1.29 is 14.3 Å². The van der Waals surface area contributed by atoms with Gasteiger partial charge < -0.3 is 15.4 Å². The van der Waals surface area contributed by atoms with E-state index in [2.05, 4.69) is 10.6 Å². The van der Waals surface area contributed by atoms with Crippen LogP contribution in [-0.2, 0) is 4.79 Å². The average Bonchev–Trinajstić information content (AvgIpc) is 2.60. The number of hydrogen-bond acceptors (Lipinski definition) is 3. The lowest BCUT2D eigenvalue weighted by molar-refractivity contribution is -0.120. The number of halogens is 1. The molecule has 2 rings (SSSR count). The van der Waals surface area contributed by atoms with E-state index < -0.39 is 0 Å². The van der Waals surface area contributed by atoms with E-state index in [4.69, 9.17) is 16.3 Å². The zero-order chi connectivity index (χ0) is 18.4. The fraction of sp³-hybridized carbons (Fsp3) is 0.263. The summed E-state index contributed by atoms with van der Waals surface area (Å²) in [5.74, 6) is 0.106. The molecule has 2 amide bonds. The van der Waals surface area contributed by atoms with Crippen molar-refractivity contribution in [2.75, 3.05) is 13.7 Å². The maximum atomic E-state index is 12.1. The molecule has 0 aromatic heterocycles. The minimum atomic E-state index is -0.326. The number of nitrogens with one attached hydrogen (secondary N) is 2. The number of ether oxygens (including phenoxy) is 1. The van der Waals surface area contributed by atoms with Gasteiger partial charge in [-0.1, -0.05) is 29.3 Å². The average molecular weight is 361 g/mol. The quantitative estimate of drug-likeness (QED) is 0.830. The molecule has 0 aliphatic heterocycles. The van der Waals surface area contributed by atoms with Crippen molar-refractivity contribution >= 4 is 23.4 Å². The molecule has 2 N–H and O–H groups in total. The molecule has 0 saturated carbocycles. The van der Waals surface area contributed by atoms with Gasteiger partial charge in [0.1, 0.15) is 5.75 Å². The standard InChI is InChI=1S/C19H21ClN2O3/c1-12-4-9-17(25-3)16(10-12)13(2)22-18(23)11-21-19(24)14-5-7-15(20)8-6-14/h4-10,13H,11H2,1-3H3,(H,21,24)(H,22,23)/t13-/m0/s1. The van der Waals surface area contributed by atoms with Crippen molar-refractivity contribution in [3.8, 4) is 5.75 Å². The highest BCUT2D eigenvalue weighted by Gasteiger charge is 2.15. The number of benzene rings is 2. The van der Waals surface area contributed by atoms with Gasteiger partial charge in [0, 0.05) is 16.1 Å². The third-order valence-electron chi connectivity index (χ3n) is 3.75. The Morgan fingerprint density at radius 2 is 1.84 bits per heavy atom. The minimum absolute atomic E-state index is 0.111. The van der Waals surface area contributed by atoms with Gasteiger partial charge in [0.25, 0.3) is 5.91 Å². The Morgan fingerprint density at radius 1 is 1.16 bits per heavy atom. The molecule has 0 aliphatic carbocycles. The van der Waals surface area contributed by atoms with Gasteiger partial charge in [0.15, 0.2) is 0 Å². The van der Waals surface area contributed by atoms with Gasteiger partial charge in [-0.05, 0) is 44.2 Å². The number of amides is 2. The van der Waals surface area contributed by atoms with Crippen LogP contribution >= 0.6 is 11.6 Å². The highest BCUT2D eigenvalue weighted by atomic mass is 35.5. The van der Waals surface area contributed by atoms with Crippen LogP contribution in [0.4, 0.5) is 0 Å². The molecule has 0 aliphatic rings. The SMILES string of the molecule is COc1ccc(C)cc1[C@H](C)NC(=O)CNC(=O)c1ccc(Cl)cc1. The number of hydrogen-bond donors (Lipinski definition) is 2. The van der Waals surface area contributed by atoms with Gasteiger partial charge in [-0.25, -0.2) is 0 Å². The Balaban J connectivity index is 1.92. The van der Waals surface area contributed by atoms with Gasteiger partial charge in [0.05, 0.1) is 19.7 Å². The second-order valence-electron chi connectivity index (χ2n) is 5.72. The molecule has 0 saturated heterocycles. The van der Waals surface area contributed by atoms with Crippen LogP contribution in [-0.4, -0.2) is 25.5 Å². The first kappa shape index (κ1) is 18.8. The highest BCUT2D eigenvalue weighted by Crippen LogP contribution is 2.25. The van der Waals surface area contributed by atoms with E-state index in [-0.39, 0.29) is 24.4 Å². The van der Waals surface area contributed by atoms with Crippen LogP contribution in [0.25, 0.3) is 0 Å². The smallest absolute Gasteiger partial charge is 0.251 e. The normalized spacial score (nSPS) is 11.5. The Morgan fingerprint density at radius 3 is 2.48 bits per heavy atom. The first-order chi connectivity index (χ1) is 11.9. The van der Waals surface area contributed by atoms with Crippen molar-refractivity contribution in [3.63, 3.8) is 0 Å². The van der Waals surface area contributed by atoms with Crippen molar-refractivity contribution in [2.45, 2.75) is 19.9 Å². The van der Waals surface area contributed by atoms with Gasteiger partial charge >= 0.3 is 0 Å². The molecule has 6 heteroatoms. The minimum Gasteiger partial charge on any atom is -0.496 e. The molecule has 0 spiro atoms. The number of rotatable bonds is 6. The van der Waals surface area contributed by atoms with E-state index >= 15 is 0 Å². The van der Waals surface area contributed by atoms with Crippen molar-refractivity contribution in [1.29, 1.82) is 0 Å². The second-order valence-corrected chi connectivity index (χ2v) is 6.16. The van der Waals surface area contributed by atoms with E-state index in [9.17, 15) is 9.59 Å². The van der Waals surface area contributed by atoms with Gasteiger partial charge in [-0.15, -0.1) is 0 Å². The number of aryl methyl sites for hydroxylation is 1. The van der Waals surface area contributed by atoms with Crippen LogP contribution in [0.3, 0.4) is 0 Å². The van der Waals surface area contributed by atoms with Crippen molar-refractivity contribution in [1.82, 2.24) is 10.6 Å². The largest absolute Gasteiger partial charge is 0.496 e. The highest BCUT2D eigenvalue weighted by molar-refractivity contribution is 6.30. The third kappa shape index (κ3) is 5.22. The van der Waals surface area contributed by atoms with Crippen LogP contribution in [0.2, 0.25) is 5.02 Å². The molecule has 0 bridgehead atoms. The summed E-state index contributed by atoms with van der Waals surface area (Å²) in [6.07, 6.45) is 0. The molecular formula is C19H21ClN2O3. The molecule has 1 atom stereocenters. The molecular weight excluding hydrogens is 340 g/mol. The first-order valence-corrected chi connectivity index (χ1v) is 8.26.